The van der Waals surface area contributed by atoms with Gasteiger partial charge in [-0.2, -0.15) is 5.10 Å². The van der Waals surface area contributed by atoms with Crippen molar-refractivity contribution >= 4 is 5.91 Å². The molecule has 8 heteroatoms. The zero-order valence-electron chi connectivity index (χ0n) is 15.8. The summed E-state index contributed by atoms with van der Waals surface area (Å²) in [6.45, 7) is 5.69. The lowest BCUT2D eigenvalue weighted by molar-refractivity contribution is -0.132. The first kappa shape index (κ1) is 18.6. The highest BCUT2D eigenvalue weighted by Crippen LogP contribution is 2.31. The second-order valence-corrected chi connectivity index (χ2v) is 6.91. The smallest absolute Gasteiger partial charge is 0.246 e. The number of piperidine rings is 1. The lowest BCUT2D eigenvalue weighted by atomic mass is 9.85. The second kappa shape index (κ2) is 8.01. The van der Waals surface area contributed by atoms with Gasteiger partial charge in [0.15, 0.2) is 0 Å². The van der Waals surface area contributed by atoms with Crippen molar-refractivity contribution in [3.8, 4) is 0 Å². The molecular formula is C18H28N6O2. The summed E-state index contributed by atoms with van der Waals surface area (Å²) in [5.74, 6) is 0.0461. The summed E-state index contributed by atoms with van der Waals surface area (Å²) in [4.78, 5) is 19.5. The topological polar surface area (TPSA) is 77.2 Å². The third kappa shape index (κ3) is 3.66. The van der Waals surface area contributed by atoms with Gasteiger partial charge in [0, 0.05) is 64.0 Å². The lowest BCUT2D eigenvalue weighted by Gasteiger charge is -2.41. The summed E-state index contributed by atoms with van der Waals surface area (Å²) in [6, 6.07) is 0. The third-order valence-corrected chi connectivity index (χ3v) is 5.43. The predicted molar refractivity (Wildman–Crippen MR) is 97.5 cm³/mol. The van der Waals surface area contributed by atoms with Crippen LogP contribution in [0, 0.1) is 6.92 Å². The SMILES string of the molecule is COCCNC(=O)C1(n2ccnc2)CCN(Cc2cnn(C)c2C)CC1. The van der Waals surface area contributed by atoms with Crippen LogP contribution in [-0.4, -0.2) is 63.5 Å². The Balaban J connectivity index is 1.69. The molecule has 0 radical (unpaired) electrons. The first-order valence-electron chi connectivity index (χ1n) is 9.02. The molecule has 0 unspecified atom stereocenters. The van der Waals surface area contributed by atoms with Crippen molar-refractivity contribution in [3.63, 3.8) is 0 Å². The van der Waals surface area contributed by atoms with Crippen LogP contribution in [0.25, 0.3) is 0 Å². The first-order valence-corrected chi connectivity index (χ1v) is 9.02. The number of nitrogens with zero attached hydrogens (tertiary/aromatic N) is 5. The number of imidazole rings is 1. The van der Waals surface area contributed by atoms with E-state index in [4.69, 9.17) is 4.74 Å². The standard InChI is InChI=1S/C18H28N6O2/c1-15-16(12-21-22(15)2)13-23-8-4-18(5-9-23,24-10-6-19-14-24)17(25)20-7-11-26-3/h6,10,12,14H,4-5,7-9,11,13H2,1-3H3,(H,20,25). The van der Waals surface area contributed by atoms with Crippen molar-refractivity contribution in [2.75, 3.05) is 33.4 Å². The minimum Gasteiger partial charge on any atom is -0.383 e. The zero-order chi connectivity index (χ0) is 18.6. The molecule has 0 saturated carbocycles. The number of methoxy groups -OCH3 is 1. The van der Waals surface area contributed by atoms with Crippen molar-refractivity contribution in [2.45, 2.75) is 31.8 Å². The van der Waals surface area contributed by atoms with Crippen LogP contribution in [-0.2, 0) is 28.7 Å². The van der Waals surface area contributed by atoms with Crippen molar-refractivity contribution < 1.29 is 9.53 Å². The maximum absolute atomic E-state index is 13.0. The Labute approximate surface area is 154 Å². The molecule has 2 aromatic heterocycles. The van der Waals surface area contributed by atoms with Gasteiger partial charge in [0.05, 0.1) is 19.1 Å². The fourth-order valence-corrected chi connectivity index (χ4v) is 3.57. The molecule has 1 amide bonds. The maximum atomic E-state index is 13.0. The number of aromatic nitrogens is 4. The number of hydrogen-bond donors (Lipinski definition) is 1. The third-order valence-electron chi connectivity index (χ3n) is 5.43. The highest BCUT2D eigenvalue weighted by molar-refractivity contribution is 5.84. The van der Waals surface area contributed by atoms with E-state index in [0.717, 1.165) is 32.5 Å². The Hall–Kier alpha value is -2.19. The molecule has 0 bridgehead atoms. The maximum Gasteiger partial charge on any atom is 0.246 e. The number of hydrogen-bond acceptors (Lipinski definition) is 5. The minimum atomic E-state index is -0.579. The molecule has 0 atom stereocenters. The molecule has 3 heterocycles. The molecule has 3 rings (SSSR count). The van der Waals surface area contributed by atoms with E-state index in [1.165, 1.54) is 11.3 Å². The average Bonchev–Trinajstić information content (AvgIpc) is 3.29. The van der Waals surface area contributed by atoms with Crippen LogP contribution in [0.1, 0.15) is 24.1 Å². The van der Waals surface area contributed by atoms with E-state index in [1.54, 1.807) is 19.6 Å². The van der Waals surface area contributed by atoms with Crippen molar-refractivity contribution in [1.82, 2.24) is 29.5 Å². The van der Waals surface area contributed by atoms with E-state index in [2.05, 4.69) is 27.2 Å². The van der Waals surface area contributed by atoms with Crippen LogP contribution in [0.5, 0.6) is 0 Å². The number of carbonyl (C=O) groups is 1. The van der Waals surface area contributed by atoms with Crippen LogP contribution < -0.4 is 5.32 Å². The summed E-state index contributed by atoms with van der Waals surface area (Å²) in [5.41, 5.74) is 1.85. The summed E-state index contributed by atoms with van der Waals surface area (Å²) in [7, 11) is 3.60. The van der Waals surface area contributed by atoms with Gasteiger partial charge in [-0.3, -0.25) is 14.4 Å². The van der Waals surface area contributed by atoms with Gasteiger partial charge in [0.1, 0.15) is 5.54 Å². The number of carbonyl (C=O) groups excluding carboxylic acids is 1. The van der Waals surface area contributed by atoms with Gasteiger partial charge in [-0.05, 0) is 19.8 Å². The molecular weight excluding hydrogens is 332 g/mol. The highest BCUT2D eigenvalue weighted by Gasteiger charge is 2.42. The molecule has 0 aliphatic carbocycles. The van der Waals surface area contributed by atoms with Crippen LogP contribution in [0.15, 0.2) is 24.9 Å². The lowest BCUT2D eigenvalue weighted by Crippen LogP contribution is -2.55. The summed E-state index contributed by atoms with van der Waals surface area (Å²) in [5, 5.41) is 7.34. The van der Waals surface area contributed by atoms with Gasteiger partial charge < -0.3 is 14.6 Å². The van der Waals surface area contributed by atoms with Crippen molar-refractivity contribution in [3.05, 3.63) is 36.2 Å². The van der Waals surface area contributed by atoms with Crippen LogP contribution >= 0.6 is 0 Å². The first-order chi connectivity index (χ1) is 12.6. The van der Waals surface area contributed by atoms with E-state index >= 15 is 0 Å². The number of ether oxygens (including phenoxy) is 1. The van der Waals surface area contributed by atoms with Gasteiger partial charge in [-0.25, -0.2) is 4.98 Å². The van der Waals surface area contributed by atoms with Gasteiger partial charge >= 0.3 is 0 Å². The monoisotopic (exact) mass is 360 g/mol. The van der Waals surface area contributed by atoms with Crippen LogP contribution in [0.3, 0.4) is 0 Å². The van der Waals surface area contributed by atoms with Gasteiger partial charge in [-0.15, -0.1) is 0 Å². The van der Waals surface area contributed by atoms with Crippen molar-refractivity contribution in [1.29, 1.82) is 0 Å². The van der Waals surface area contributed by atoms with Gasteiger partial charge in [-0.1, -0.05) is 0 Å². The van der Waals surface area contributed by atoms with E-state index in [9.17, 15) is 4.79 Å². The Morgan fingerprint density at radius 3 is 2.73 bits per heavy atom. The molecule has 0 spiro atoms. The number of nitrogens with one attached hydrogen (secondary N) is 1. The summed E-state index contributed by atoms with van der Waals surface area (Å²) in [6.07, 6.45) is 8.80. The zero-order valence-corrected chi connectivity index (χ0v) is 15.8. The van der Waals surface area contributed by atoms with Crippen LogP contribution in [0.4, 0.5) is 0 Å². The molecule has 1 saturated heterocycles. The van der Waals surface area contributed by atoms with Gasteiger partial charge in [0.25, 0.3) is 0 Å². The Bertz CT molecular complexity index is 716. The molecule has 2 aromatic rings. The molecule has 1 fully saturated rings. The highest BCUT2D eigenvalue weighted by atomic mass is 16.5. The largest absolute Gasteiger partial charge is 0.383 e. The Morgan fingerprint density at radius 2 is 2.15 bits per heavy atom. The van der Waals surface area contributed by atoms with Crippen LogP contribution in [0.2, 0.25) is 0 Å². The number of aryl methyl sites for hydroxylation is 1. The second-order valence-electron chi connectivity index (χ2n) is 6.91. The van der Waals surface area contributed by atoms with Gasteiger partial charge in [0.2, 0.25) is 5.91 Å². The molecule has 1 aliphatic rings. The molecule has 1 aliphatic heterocycles. The van der Waals surface area contributed by atoms with E-state index in [0.29, 0.717) is 13.2 Å². The molecule has 26 heavy (non-hydrogen) atoms. The molecule has 8 nitrogen and oxygen atoms in total. The Morgan fingerprint density at radius 1 is 1.38 bits per heavy atom. The summed E-state index contributed by atoms with van der Waals surface area (Å²) < 4.78 is 8.91. The molecule has 0 aromatic carbocycles. The van der Waals surface area contributed by atoms with E-state index in [1.807, 2.05) is 28.7 Å². The van der Waals surface area contributed by atoms with Crippen molar-refractivity contribution in [2.24, 2.45) is 7.05 Å². The fraction of sp³-hybridized carbons (Fsp3) is 0.611. The average molecular weight is 360 g/mol. The number of rotatable bonds is 7. The predicted octanol–water partition coefficient (Wildman–Crippen LogP) is 0.679. The van der Waals surface area contributed by atoms with E-state index in [-0.39, 0.29) is 5.91 Å². The minimum absolute atomic E-state index is 0.0461. The summed E-state index contributed by atoms with van der Waals surface area (Å²) >= 11 is 0. The number of likely N-dealkylation sites (tertiary alicyclic amines) is 1. The van der Waals surface area contributed by atoms with E-state index < -0.39 is 5.54 Å². The quantitative estimate of drug-likeness (QED) is 0.735. The number of amides is 1. The molecule has 1 N–H and O–H groups in total. The normalized spacial score (nSPS) is 17.3. The molecule has 142 valence electrons. The fourth-order valence-electron chi connectivity index (χ4n) is 3.57. The Kier molecular flexibility index (Phi) is 5.73.